The monoisotopic (exact) mass is 161 g/mol. The molecule has 0 aromatic carbocycles. The van der Waals surface area contributed by atoms with Crippen molar-refractivity contribution in [3.8, 4) is 0 Å². The van der Waals surface area contributed by atoms with Gasteiger partial charge in [0, 0.05) is 13.1 Å². The van der Waals surface area contributed by atoms with Gasteiger partial charge in [0.05, 0.1) is 0 Å². The van der Waals surface area contributed by atoms with Crippen LogP contribution < -0.4 is 5.32 Å². The molecule has 0 radical (unpaired) electrons. The van der Waals surface area contributed by atoms with Crippen LogP contribution in [-0.2, 0) is 0 Å². The molecule has 1 saturated heterocycles. The Labute approximate surface area is 57.0 Å². The van der Waals surface area contributed by atoms with Gasteiger partial charge in [0.25, 0.3) is 6.43 Å². The van der Waals surface area contributed by atoms with Gasteiger partial charge in [-0.3, -0.25) is 0 Å². The first-order valence-corrected chi connectivity index (χ1v) is 2.33. The molecule has 1 fully saturated rings. The summed E-state index contributed by atoms with van der Waals surface area (Å²) in [6, 6.07) is 0. The van der Waals surface area contributed by atoms with Crippen LogP contribution >= 0.6 is 12.4 Å². The average molecular weight is 162 g/mol. The molecule has 5 heteroatoms. The van der Waals surface area contributed by atoms with E-state index in [-0.39, 0.29) is 25.5 Å². The van der Waals surface area contributed by atoms with Gasteiger partial charge in [-0.15, -0.1) is 12.4 Å². The zero-order valence-corrected chi connectivity index (χ0v) is 5.35. The highest BCUT2D eigenvalue weighted by Crippen LogP contribution is 2.24. The summed E-state index contributed by atoms with van der Waals surface area (Å²) in [5.41, 5.74) is -2.22. The van der Waals surface area contributed by atoms with Gasteiger partial charge in [-0.2, -0.15) is 0 Å². The molecule has 1 rings (SSSR count). The van der Waals surface area contributed by atoms with Gasteiger partial charge in [0.1, 0.15) is 0 Å². The lowest BCUT2D eigenvalue weighted by Gasteiger charge is -2.33. The maximum atomic E-state index is 12.2. The number of halogens is 4. The fraction of sp³-hybridized carbons (Fsp3) is 1.00. The summed E-state index contributed by atoms with van der Waals surface area (Å²) in [6.07, 6.45) is -2.83. The van der Waals surface area contributed by atoms with Crippen LogP contribution in [0.3, 0.4) is 0 Å². The molecule has 0 amide bonds. The molecule has 0 aromatic rings. The van der Waals surface area contributed by atoms with E-state index in [1.807, 2.05) is 0 Å². The third-order valence-electron chi connectivity index (χ3n) is 1.23. The van der Waals surface area contributed by atoms with Crippen LogP contribution in [0.25, 0.3) is 0 Å². The number of alkyl halides is 3. The molecule has 0 saturated carbocycles. The molecule has 1 nitrogen and oxygen atoms in total. The molecule has 0 atom stereocenters. The Bertz CT molecular complexity index is 93.8. The van der Waals surface area contributed by atoms with Gasteiger partial charge in [0.15, 0.2) is 5.67 Å². The van der Waals surface area contributed by atoms with Gasteiger partial charge >= 0.3 is 0 Å². The minimum absolute atomic E-state index is 0. The second kappa shape index (κ2) is 2.75. The maximum absolute atomic E-state index is 12.2. The standard InChI is InChI=1S/C4H6F3N.ClH/c5-3(6)4(7)1-8-2-4;/h3,8H,1-2H2;1H. The lowest BCUT2D eigenvalue weighted by Crippen LogP contribution is -2.60. The van der Waals surface area contributed by atoms with Crippen LogP contribution in [0.5, 0.6) is 0 Å². The summed E-state index contributed by atoms with van der Waals surface area (Å²) >= 11 is 0. The SMILES string of the molecule is Cl.FC(F)C1(F)CNC1. The first kappa shape index (κ1) is 9.04. The summed E-state index contributed by atoms with van der Waals surface area (Å²) in [6.45, 7) is -0.407. The number of rotatable bonds is 1. The summed E-state index contributed by atoms with van der Waals surface area (Å²) in [7, 11) is 0. The summed E-state index contributed by atoms with van der Waals surface area (Å²) in [5.74, 6) is 0. The van der Waals surface area contributed by atoms with Crippen LogP contribution in [-0.4, -0.2) is 25.2 Å². The summed E-state index contributed by atoms with van der Waals surface area (Å²) in [5, 5.41) is 2.43. The Morgan fingerprint density at radius 2 is 1.78 bits per heavy atom. The van der Waals surface area contributed by atoms with Crippen molar-refractivity contribution in [3.05, 3.63) is 0 Å². The number of hydrogen-bond acceptors (Lipinski definition) is 1. The predicted octanol–water partition coefficient (Wildman–Crippen LogP) is 0.985. The molecule has 56 valence electrons. The first-order chi connectivity index (χ1) is 3.65. The highest BCUT2D eigenvalue weighted by molar-refractivity contribution is 5.85. The zero-order chi connectivity index (χ0) is 6.20. The molecule has 0 unspecified atom stereocenters. The smallest absolute Gasteiger partial charge is 0.274 e. The normalized spacial score (nSPS) is 22.7. The fourth-order valence-corrected chi connectivity index (χ4v) is 0.518. The van der Waals surface area contributed by atoms with Gasteiger partial charge in [-0.1, -0.05) is 0 Å². The van der Waals surface area contributed by atoms with Crippen molar-refractivity contribution in [2.45, 2.75) is 12.1 Å². The fourth-order valence-electron chi connectivity index (χ4n) is 0.518. The van der Waals surface area contributed by atoms with Crippen molar-refractivity contribution in [1.29, 1.82) is 0 Å². The van der Waals surface area contributed by atoms with Crippen molar-refractivity contribution < 1.29 is 13.2 Å². The second-order valence-electron chi connectivity index (χ2n) is 1.94. The van der Waals surface area contributed by atoms with E-state index < -0.39 is 12.1 Å². The molecule has 0 aromatic heterocycles. The lowest BCUT2D eigenvalue weighted by atomic mass is 10.0. The van der Waals surface area contributed by atoms with Crippen molar-refractivity contribution >= 4 is 12.4 Å². The molecular weight excluding hydrogens is 154 g/mol. The van der Waals surface area contributed by atoms with Crippen LogP contribution in [0.1, 0.15) is 0 Å². The Morgan fingerprint density at radius 1 is 1.33 bits per heavy atom. The average Bonchev–Trinajstić information content (AvgIpc) is 1.60. The predicted molar refractivity (Wildman–Crippen MR) is 30.0 cm³/mol. The summed E-state index contributed by atoms with van der Waals surface area (Å²) < 4.78 is 35.1. The minimum atomic E-state index is -2.83. The molecule has 9 heavy (non-hydrogen) atoms. The van der Waals surface area contributed by atoms with E-state index in [0.29, 0.717) is 0 Å². The van der Waals surface area contributed by atoms with Crippen LogP contribution in [0.15, 0.2) is 0 Å². The third kappa shape index (κ3) is 1.49. The highest BCUT2D eigenvalue weighted by atomic mass is 35.5. The van der Waals surface area contributed by atoms with E-state index in [1.165, 1.54) is 0 Å². The van der Waals surface area contributed by atoms with Crippen LogP contribution in [0.2, 0.25) is 0 Å². The topological polar surface area (TPSA) is 12.0 Å². The quantitative estimate of drug-likeness (QED) is 0.605. The molecule has 0 spiro atoms. The molecular formula is C4H7ClF3N. The van der Waals surface area contributed by atoms with Crippen molar-refractivity contribution in [3.63, 3.8) is 0 Å². The van der Waals surface area contributed by atoms with Crippen molar-refractivity contribution in [1.82, 2.24) is 5.32 Å². The first-order valence-electron chi connectivity index (χ1n) is 2.33. The van der Waals surface area contributed by atoms with Gasteiger partial charge < -0.3 is 5.32 Å². The lowest BCUT2D eigenvalue weighted by molar-refractivity contribution is -0.0667. The minimum Gasteiger partial charge on any atom is -0.310 e. The van der Waals surface area contributed by atoms with Crippen LogP contribution in [0.4, 0.5) is 13.2 Å². The van der Waals surface area contributed by atoms with Gasteiger partial charge in [0.2, 0.25) is 0 Å². The second-order valence-corrected chi connectivity index (χ2v) is 1.94. The molecule has 1 aliphatic heterocycles. The summed E-state index contributed by atoms with van der Waals surface area (Å²) in [4.78, 5) is 0. The van der Waals surface area contributed by atoms with Crippen molar-refractivity contribution in [2.75, 3.05) is 13.1 Å². The van der Waals surface area contributed by atoms with E-state index >= 15 is 0 Å². The molecule has 0 bridgehead atoms. The number of hydrogen-bond donors (Lipinski definition) is 1. The van der Waals surface area contributed by atoms with E-state index in [9.17, 15) is 13.2 Å². The van der Waals surface area contributed by atoms with E-state index in [4.69, 9.17) is 0 Å². The highest BCUT2D eigenvalue weighted by Gasteiger charge is 2.46. The van der Waals surface area contributed by atoms with E-state index in [2.05, 4.69) is 5.32 Å². The Kier molecular flexibility index (Phi) is 2.76. The molecule has 1 heterocycles. The number of nitrogens with one attached hydrogen (secondary N) is 1. The molecule has 1 N–H and O–H groups in total. The molecule has 0 aliphatic carbocycles. The van der Waals surface area contributed by atoms with Crippen LogP contribution in [0, 0.1) is 0 Å². The molecule has 1 aliphatic rings. The van der Waals surface area contributed by atoms with Crippen molar-refractivity contribution in [2.24, 2.45) is 0 Å². The largest absolute Gasteiger partial charge is 0.310 e. The maximum Gasteiger partial charge on any atom is 0.274 e. The Balaban J connectivity index is 0.000000640. The Hall–Kier alpha value is 0.0400. The third-order valence-corrected chi connectivity index (χ3v) is 1.23. The van der Waals surface area contributed by atoms with Gasteiger partial charge in [-0.05, 0) is 0 Å². The van der Waals surface area contributed by atoms with E-state index in [0.717, 1.165) is 0 Å². The van der Waals surface area contributed by atoms with E-state index in [1.54, 1.807) is 0 Å². The van der Waals surface area contributed by atoms with Gasteiger partial charge in [-0.25, -0.2) is 13.2 Å². The zero-order valence-electron chi connectivity index (χ0n) is 4.53. The Morgan fingerprint density at radius 3 is 1.78 bits per heavy atom.